The van der Waals surface area contributed by atoms with Crippen LogP contribution in [-0.4, -0.2) is 0 Å². The van der Waals surface area contributed by atoms with Crippen LogP contribution in [0.15, 0.2) is 58.6 Å². The number of allylic oxidation sites excluding steroid dienone is 6. The number of fused-ring (bicyclic) bond motifs is 2. The summed E-state index contributed by atoms with van der Waals surface area (Å²) in [6.07, 6.45) is 14.0. The van der Waals surface area contributed by atoms with Gasteiger partial charge in [0.2, 0.25) is 0 Å². The van der Waals surface area contributed by atoms with Crippen LogP contribution in [0.3, 0.4) is 0 Å². The smallest absolute Gasteiger partial charge is 0.0181 e. The second-order valence-electron chi connectivity index (χ2n) is 3.99. The Hall–Kier alpha value is -1.34. The molecule has 0 nitrogen and oxygen atoms in total. The Bertz CT molecular complexity index is 643. The molecule has 0 amide bonds. The highest BCUT2D eigenvalue weighted by Gasteiger charge is 2.07. The Balaban J connectivity index is 2.44. The molecule has 0 fully saturated rings. The summed E-state index contributed by atoms with van der Waals surface area (Å²) < 4.78 is 1.14. The van der Waals surface area contributed by atoms with Crippen molar-refractivity contribution in [3.05, 3.63) is 69.1 Å². The number of hydrogen-bond acceptors (Lipinski definition) is 0. The highest BCUT2D eigenvalue weighted by molar-refractivity contribution is 9.10. The minimum Gasteiger partial charge on any atom is -0.0801 e. The minimum absolute atomic E-state index is 1.02. The van der Waals surface area contributed by atoms with Crippen LogP contribution < -0.4 is 10.4 Å². The summed E-state index contributed by atoms with van der Waals surface area (Å²) in [6, 6.07) is 6.47. The zero-order valence-electron chi connectivity index (χ0n) is 8.78. The largest absolute Gasteiger partial charge is 0.0801 e. The van der Waals surface area contributed by atoms with Crippen molar-refractivity contribution in [2.75, 3.05) is 0 Å². The predicted molar refractivity (Wildman–Crippen MR) is 72.2 cm³/mol. The highest BCUT2D eigenvalue weighted by Crippen LogP contribution is 2.21. The molecule has 0 atom stereocenters. The fourth-order valence-electron chi connectivity index (χ4n) is 2.19. The third kappa shape index (κ3) is 1.61. The Morgan fingerprint density at radius 3 is 2.94 bits per heavy atom. The molecule has 0 aliphatic heterocycles. The van der Waals surface area contributed by atoms with E-state index in [4.69, 9.17) is 0 Å². The SMILES string of the molecule is Brc1ccc2c(c1)=C1CC=CC=C1C=CC=2. The van der Waals surface area contributed by atoms with Crippen molar-refractivity contribution >= 4 is 27.6 Å². The summed E-state index contributed by atoms with van der Waals surface area (Å²) in [5, 5.41) is 2.64. The molecule has 0 aromatic heterocycles. The van der Waals surface area contributed by atoms with E-state index in [9.17, 15) is 0 Å². The Kier molecular flexibility index (Phi) is 2.41. The van der Waals surface area contributed by atoms with Gasteiger partial charge in [0, 0.05) is 4.47 Å². The molecule has 0 saturated heterocycles. The summed E-state index contributed by atoms with van der Waals surface area (Å²) in [4.78, 5) is 0. The van der Waals surface area contributed by atoms with E-state index in [1.165, 1.54) is 21.6 Å². The van der Waals surface area contributed by atoms with Crippen molar-refractivity contribution in [1.82, 2.24) is 0 Å². The Morgan fingerprint density at radius 2 is 2.00 bits per heavy atom. The van der Waals surface area contributed by atoms with Gasteiger partial charge in [-0.2, -0.15) is 0 Å². The first-order chi connectivity index (χ1) is 7.84. The zero-order valence-corrected chi connectivity index (χ0v) is 10.4. The van der Waals surface area contributed by atoms with Gasteiger partial charge in [0.25, 0.3) is 0 Å². The summed E-state index contributed by atoms with van der Waals surface area (Å²) in [7, 11) is 0. The maximum atomic E-state index is 3.55. The van der Waals surface area contributed by atoms with E-state index in [2.05, 4.69) is 70.6 Å². The van der Waals surface area contributed by atoms with E-state index in [1.54, 1.807) is 0 Å². The van der Waals surface area contributed by atoms with Gasteiger partial charge in [0.1, 0.15) is 0 Å². The Morgan fingerprint density at radius 1 is 1.06 bits per heavy atom. The molecule has 2 aliphatic rings. The van der Waals surface area contributed by atoms with Crippen LogP contribution in [0.5, 0.6) is 0 Å². The standard InChI is InChI=1S/C15H11Br/c16-13-9-8-12-6-3-5-11-4-1-2-7-14(11)15(12)10-13/h1-6,8-10H,7H2. The molecule has 1 aromatic carbocycles. The lowest BCUT2D eigenvalue weighted by atomic mass is 9.96. The Labute approximate surface area is 103 Å². The van der Waals surface area contributed by atoms with Crippen molar-refractivity contribution in [1.29, 1.82) is 0 Å². The second kappa shape index (κ2) is 3.91. The predicted octanol–water partition coefficient (Wildman–Crippen LogP) is 2.84. The van der Waals surface area contributed by atoms with E-state index < -0.39 is 0 Å². The molecule has 0 spiro atoms. The molecule has 1 heteroatoms. The zero-order chi connectivity index (χ0) is 11.0. The minimum atomic E-state index is 1.02. The average Bonchev–Trinajstić information content (AvgIpc) is 2.48. The van der Waals surface area contributed by atoms with Crippen LogP contribution in [-0.2, 0) is 0 Å². The summed E-state index contributed by atoms with van der Waals surface area (Å²) in [6.45, 7) is 0. The van der Waals surface area contributed by atoms with Crippen LogP contribution in [0.4, 0.5) is 0 Å². The maximum absolute atomic E-state index is 3.55. The third-order valence-electron chi connectivity index (χ3n) is 2.97. The van der Waals surface area contributed by atoms with Crippen molar-refractivity contribution in [2.24, 2.45) is 0 Å². The van der Waals surface area contributed by atoms with Gasteiger partial charge in [-0.05, 0) is 40.1 Å². The molecule has 0 unspecified atom stereocenters. The molecule has 3 rings (SSSR count). The molecule has 0 radical (unpaired) electrons. The summed E-state index contributed by atoms with van der Waals surface area (Å²) >= 11 is 3.55. The van der Waals surface area contributed by atoms with Gasteiger partial charge in [-0.1, -0.05) is 58.5 Å². The molecule has 1 aromatic rings. The first-order valence-corrected chi connectivity index (χ1v) is 6.18. The normalized spacial score (nSPS) is 17.1. The second-order valence-corrected chi connectivity index (χ2v) is 4.91. The van der Waals surface area contributed by atoms with Crippen LogP contribution in [0.25, 0.3) is 11.6 Å². The third-order valence-corrected chi connectivity index (χ3v) is 3.47. The van der Waals surface area contributed by atoms with Gasteiger partial charge in [-0.3, -0.25) is 0 Å². The average molecular weight is 271 g/mol. The van der Waals surface area contributed by atoms with Gasteiger partial charge < -0.3 is 0 Å². The van der Waals surface area contributed by atoms with Crippen LogP contribution in [0, 0.1) is 0 Å². The van der Waals surface area contributed by atoms with Gasteiger partial charge in [-0.15, -0.1) is 0 Å². The van der Waals surface area contributed by atoms with Crippen molar-refractivity contribution in [3.8, 4) is 0 Å². The van der Waals surface area contributed by atoms with Gasteiger partial charge in [0.15, 0.2) is 0 Å². The lowest BCUT2D eigenvalue weighted by Gasteiger charge is -2.09. The first-order valence-electron chi connectivity index (χ1n) is 5.39. The molecule has 0 bridgehead atoms. The lowest BCUT2D eigenvalue weighted by Crippen LogP contribution is -2.26. The van der Waals surface area contributed by atoms with E-state index in [0.29, 0.717) is 0 Å². The van der Waals surface area contributed by atoms with Crippen molar-refractivity contribution in [3.63, 3.8) is 0 Å². The van der Waals surface area contributed by atoms with Crippen LogP contribution >= 0.6 is 15.9 Å². The van der Waals surface area contributed by atoms with Crippen molar-refractivity contribution < 1.29 is 0 Å². The summed E-state index contributed by atoms with van der Waals surface area (Å²) in [5.74, 6) is 0. The maximum Gasteiger partial charge on any atom is 0.0181 e. The van der Waals surface area contributed by atoms with Gasteiger partial charge in [0.05, 0.1) is 0 Å². The number of benzene rings is 1. The highest BCUT2D eigenvalue weighted by atomic mass is 79.9. The number of halogens is 1. The molecule has 78 valence electrons. The number of rotatable bonds is 0. The van der Waals surface area contributed by atoms with Crippen LogP contribution in [0.1, 0.15) is 6.42 Å². The van der Waals surface area contributed by atoms with E-state index in [-0.39, 0.29) is 0 Å². The molecule has 0 saturated carbocycles. The summed E-state index contributed by atoms with van der Waals surface area (Å²) in [5.41, 5.74) is 2.75. The van der Waals surface area contributed by atoms with E-state index in [1.807, 2.05) is 0 Å². The van der Waals surface area contributed by atoms with Crippen molar-refractivity contribution in [2.45, 2.75) is 6.42 Å². The monoisotopic (exact) mass is 270 g/mol. The fraction of sp³-hybridized carbons (Fsp3) is 0.0667. The van der Waals surface area contributed by atoms with Gasteiger partial charge >= 0.3 is 0 Å². The van der Waals surface area contributed by atoms with E-state index >= 15 is 0 Å². The topological polar surface area (TPSA) is 0 Å². The molecular weight excluding hydrogens is 260 g/mol. The lowest BCUT2D eigenvalue weighted by molar-refractivity contribution is 1.32. The molecular formula is C15H11Br. The molecule has 2 aliphatic carbocycles. The molecule has 0 heterocycles. The van der Waals surface area contributed by atoms with Gasteiger partial charge in [-0.25, -0.2) is 0 Å². The van der Waals surface area contributed by atoms with E-state index in [0.717, 1.165) is 10.9 Å². The number of hydrogen-bond donors (Lipinski definition) is 0. The first kappa shape index (κ1) is 9.86. The van der Waals surface area contributed by atoms with Crippen LogP contribution in [0.2, 0.25) is 0 Å². The quantitative estimate of drug-likeness (QED) is 0.680. The molecule has 0 N–H and O–H groups in total. The molecule has 16 heavy (non-hydrogen) atoms. The fourth-order valence-corrected chi connectivity index (χ4v) is 2.55.